The number of nitrogens with one attached hydrogen (secondary N) is 1. The van der Waals surface area contributed by atoms with Crippen molar-refractivity contribution in [2.24, 2.45) is 0 Å². The summed E-state index contributed by atoms with van der Waals surface area (Å²) >= 11 is 0. The van der Waals surface area contributed by atoms with Crippen molar-refractivity contribution in [2.75, 3.05) is 5.73 Å². The summed E-state index contributed by atoms with van der Waals surface area (Å²) in [5.41, 5.74) is 19.3. The number of hydrogen-bond acceptors (Lipinski definition) is 7. The Labute approximate surface area is 341 Å². The van der Waals surface area contributed by atoms with Crippen LogP contribution in [0.15, 0.2) is 173 Å². The second-order valence-electron chi connectivity index (χ2n) is 15.4. The Morgan fingerprint density at radius 2 is 1.08 bits per heavy atom. The molecule has 7 nitrogen and oxygen atoms in total. The van der Waals surface area contributed by atoms with Crippen molar-refractivity contribution < 1.29 is 8.83 Å². The number of para-hydroxylation sites is 1. The molecule has 3 aromatic heterocycles. The minimum Gasteiger partial charge on any atom is -0.456 e. The first-order valence-corrected chi connectivity index (χ1v) is 19.6. The Hall–Kier alpha value is -7.64. The molecule has 10 aromatic rings. The molecule has 11 rings (SSSR count). The normalized spacial score (nSPS) is 12.6. The van der Waals surface area contributed by atoms with Crippen LogP contribution in [-0.2, 0) is 5.41 Å². The van der Waals surface area contributed by atoms with Gasteiger partial charge in [0.1, 0.15) is 22.5 Å². The van der Waals surface area contributed by atoms with Crippen molar-refractivity contribution in [3.63, 3.8) is 0 Å². The van der Waals surface area contributed by atoms with E-state index in [0.29, 0.717) is 40.2 Å². The molecule has 0 spiro atoms. The Kier molecular flexibility index (Phi) is 8.53. The Morgan fingerprint density at radius 3 is 1.80 bits per heavy atom. The molecule has 0 radical (unpaired) electrons. The van der Waals surface area contributed by atoms with Crippen molar-refractivity contribution in [1.29, 1.82) is 5.41 Å². The number of nitrogens with zero attached hydrogens (tertiary/aromatic N) is 3. The fourth-order valence-electron chi connectivity index (χ4n) is 8.40. The Morgan fingerprint density at radius 1 is 0.525 bits per heavy atom. The second kappa shape index (κ2) is 14.1. The van der Waals surface area contributed by atoms with E-state index < -0.39 is 0 Å². The van der Waals surface area contributed by atoms with Gasteiger partial charge in [-0.05, 0) is 65.1 Å². The zero-order chi connectivity index (χ0) is 40.3. The van der Waals surface area contributed by atoms with E-state index in [-0.39, 0.29) is 5.41 Å². The van der Waals surface area contributed by atoms with Crippen LogP contribution in [0.5, 0.6) is 0 Å². The van der Waals surface area contributed by atoms with E-state index in [9.17, 15) is 0 Å². The van der Waals surface area contributed by atoms with Crippen molar-refractivity contribution in [1.82, 2.24) is 15.0 Å². The molecule has 7 heteroatoms. The van der Waals surface area contributed by atoms with Crippen LogP contribution < -0.4 is 5.73 Å². The van der Waals surface area contributed by atoms with E-state index in [1.807, 2.05) is 115 Å². The number of aromatic nitrogens is 3. The number of anilines is 1. The van der Waals surface area contributed by atoms with Crippen LogP contribution in [0.3, 0.4) is 0 Å². The third-order valence-electron chi connectivity index (χ3n) is 11.4. The van der Waals surface area contributed by atoms with Crippen molar-refractivity contribution in [3.8, 4) is 45.3 Å². The molecule has 7 aromatic carbocycles. The maximum Gasteiger partial charge on any atom is 0.176 e. The predicted octanol–water partition coefficient (Wildman–Crippen LogP) is 12.8. The fourth-order valence-corrected chi connectivity index (χ4v) is 8.40. The molecule has 3 heterocycles. The number of furan rings is 2. The smallest absolute Gasteiger partial charge is 0.176 e. The van der Waals surface area contributed by atoms with Gasteiger partial charge in [-0.15, -0.1) is 0 Å². The van der Waals surface area contributed by atoms with Crippen molar-refractivity contribution in [2.45, 2.75) is 26.2 Å². The fraction of sp³-hybridized carbons (Fsp3) is 0.0769. The van der Waals surface area contributed by atoms with Gasteiger partial charge in [0.05, 0.1) is 5.69 Å². The van der Waals surface area contributed by atoms with Crippen LogP contribution in [0.1, 0.15) is 41.9 Å². The lowest BCUT2D eigenvalue weighted by atomic mass is 9.81. The van der Waals surface area contributed by atoms with Crippen LogP contribution in [-0.4, -0.2) is 20.7 Å². The van der Waals surface area contributed by atoms with Gasteiger partial charge in [-0.2, -0.15) is 0 Å². The molecule has 284 valence electrons. The molecular weight excluding hydrogens is 727 g/mol. The van der Waals surface area contributed by atoms with Crippen molar-refractivity contribution >= 4 is 44.3 Å². The minimum absolute atomic E-state index is 0.0956. The maximum atomic E-state index is 8.72. The van der Waals surface area contributed by atoms with Crippen LogP contribution in [0, 0.1) is 12.3 Å². The van der Waals surface area contributed by atoms with Gasteiger partial charge in [0.2, 0.25) is 0 Å². The van der Waals surface area contributed by atoms with Gasteiger partial charge in [0, 0.05) is 43.8 Å². The molecule has 59 heavy (non-hydrogen) atoms. The molecule has 0 saturated heterocycles. The van der Waals surface area contributed by atoms with Gasteiger partial charge in [-0.25, -0.2) is 15.0 Å². The van der Waals surface area contributed by atoms with Gasteiger partial charge >= 0.3 is 0 Å². The SMILES string of the molecule is CC1(C)c2ccccc2-c2ccc(C(=N)c3oc4ccccc4c3N)cc21.Cc1cccc2oc3cccc(-c4nc(-c5ccccc5)nc(-c5ccccc5)n4)c3c12. The van der Waals surface area contributed by atoms with E-state index in [0.717, 1.165) is 55.1 Å². The summed E-state index contributed by atoms with van der Waals surface area (Å²) in [6.07, 6.45) is 0. The summed E-state index contributed by atoms with van der Waals surface area (Å²) in [7, 11) is 0. The highest BCUT2D eigenvalue weighted by Gasteiger charge is 2.35. The molecule has 0 amide bonds. The topological polar surface area (TPSA) is 115 Å². The van der Waals surface area contributed by atoms with Crippen LogP contribution in [0.2, 0.25) is 0 Å². The van der Waals surface area contributed by atoms with Gasteiger partial charge in [0.25, 0.3) is 0 Å². The first-order chi connectivity index (χ1) is 28.8. The van der Waals surface area contributed by atoms with Gasteiger partial charge < -0.3 is 14.6 Å². The highest BCUT2D eigenvalue weighted by atomic mass is 16.3. The molecule has 0 atom stereocenters. The molecule has 1 aliphatic carbocycles. The molecule has 0 saturated carbocycles. The summed E-state index contributed by atoms with van der Waals surface area (Å²) in [5.74, 6) is 2.37. The van der Waals surface area contributed by atoms with E-state index >= 15 is 0 Å². The lowest BCUT2D eigenvalue weighted by molar-refractivity contribution is 0.606. The van der Waals surface area contributed by atoms with Gasteiger partial charge in [-0.1, -0.05) is 147 Å². The van der Waals surface area contributed by atoms with E-state index in [4.69, 9.17) is 34.9 Å². The average Bonchev–Trinajstić information content (AvgIpc) is 3.91. The summed E-state index contributed by atoms with van der Waals surface area (Å²) in [4.78, 5) is 14.6. The van der Waals surface area contributed by atoms with Crippen LogP contribution in [0.25, 0.3) is 78.2 Å². The van der Waals surface area contributed by atoms with Crippen LogP contribution >= 0.6 is 0 Å². The van der Waals surface area contributed by atoms with E-state index in [2.05, 4.69) is 69.3 Å². The largest absolute Gasteiger partial charge is 0.456 e. The predicted molar refractivity (Wildman–Crippen MR) is 239 cm³/mol. The number of nitrogen functional groups attached to an aromatic ring is 1. The first kappa shape index (κ1) is 35.8. The zero-order valence-corrected chi connectivity index (χ0v) is 32.8. The summed E-state index contributed by atoms with van der Waals surface area (Å²) in [6.45, 7) is 6.58. The Bertz CT molecular complexity index is 3180. The molecule has 0 bridgehead atoms. The molecule has 0 fully saturated rings. The average molecular weight is 766 g/mol. The third-order valence-corrected chi connectivity index (χ3v) is 11.4. The van der Waals surface area contributed by atoms with E-state index in [1.54, 1.807) is 0 Å². The Balaban J connectivity index is 0.000000145. The summed E-state index contributed by atoms with van der Waals surface area (Å²) in [5, 5.41) is 11.7. The number of hydrogen-bond donors (Lipinski definition) is 2. The highest BCUT2D eigenvalue weighted by Crippen LogP contribution is 2.49. The number of aryl methyl sites for hydroxylation is 1. The third kappa shape index (κ3) is 6.06. The summed E-state index contributed by atoms with van der Waals surface area (Å²) < 4.78 is 12.1. The lowest BCUT2D eigenvalue weighted by Crippen LogP contribution is -2.15. The number of rotatable bonds is 5. The lowest BCUT2D eigenvalue weighted by Gasteiger charge is -2.21. The monoisotopic (exact) mass is 765 g/mol. The highest BCUT2D eigenvalue weighted by molar-refractivity contribution is 6.16. The maximum absolute atomic E-state index is 8.72. The zero-order valence-electron chi connectivity index (χ0n) is 32.8. The van der Waals surface area contributed by atoms with Gasteiger partial charge in [-0.3, -0.25) is 5.41 Å². The quantitative estimate of drug-likeness (QED) is 0.169. The molecular formula is C52H39N5O2. The van der Waals surface area contributed by atoms with Gasteiger partial charge in [0.15, 0.2) is 23.2 Å². The minimum atomic E-state index is -0.0956. The molecule has 1 aliphatic rings. The van der Waals surface area contributed by atoms with E-state index in [1.165, 1.54) is 22.3 Å². The second-order valence-corrected chi connectivity index (χ2v) is 15.4. The standard InChI is InChI=1S/C28H19N3O.C24H20N2O/c1-18-10-8-16-22-24(18)25-21(15-9-17-23(25)32-22)28-30-26(19-11-4-2-5-12-19)29-27(31-28)20-13-6-3-7-14-20;1-24(2)18-9-5-3-7-15(18)16-12-11-14(13-19(16)24)21(25)23-22(26)17-8-4-6-10-20(17)27-23/h2-17H,1H3;3-13,25H,26H2,1-2H3. The number of benzene rings is 7. The molecule has 0 unspecified atom stereocenters. The molecule has 3 N–H and O–H groups in total. The molecule has 0 aliphatic heterocycles. The number of fused-ring (bicyclic) bond motifs is 7. The number of nitrogens with two attached hydrogens (primary N) is 1. The van der Waals surface area contributed by atoms with Crippen LogP contribution in [0.4, 0.5) is 5.69 Å². The first-order valence-electron chi connectivity index (χ1n) is 19.6. The van der Waals surface area contributed by atoms with Crippen molar-refractivity contribution in [3.05, 3.63) is 192 Å². The summed E-state index contributed by atoms with van der Waals surface area (Å²) in [6, 6.07) is 54.6.